The van der Waals surface area contributed by atoms with E-state index in [2.05, 4.69) is 95.3 Å². The minimum atomic E-state index is -0.0724. The molecule has 0 saturated carbocycles. The van der Waals surface area contributed by atoms with Gasteiger partial charge in [0.2, 0.25) is 0 Å². The Balaban J connectivity index is 4.31. The maximum Gasteiger partial charge on any atom is 0.308 e. The van der Waals surface area contributed by atoms with Crippen LogP contribution in [0.4, 0.5) is 0 Å². The van der Waals surface area contributed by atoms with E-state index in [1.807, 2.05) is 6.92 Å². The molecule has 0 saturated heterocycles. The Morgan fingerprint density at radius 2 is 0.920 bits per heavy atom. The van der Waals surface area contributed by atoms with Crippen LogP contribution in [-0.4, -0.2) is 37.1 Å². The molecular formula is C47H87NO2. The van der Waals surface area contributed by atoms with Crippen molar-refractivity contribution in [2.75, 3.05) is 20.7 Å². The molecule has 0 bridgehead atoms. The molecule has 0 rings (SSSR count). The van der Waals surface area contributed by atoms with Gasteiger partial charge in [0, 0.05) is 5.54 Å². The first-order valence-corrected chi connectivity index (χ1v) is 21.7. The Bertz CT molecular complexity index is 803. The standard InChI is InChI=1S/C47H87NO2/c1-8-10-12-14-16-18-20-22-24-26-28-30-32-34-36-38-40-45(43-50-46(49)44(3)42-47(4,5)48(6)7)41-39-37-35-33-31-29-27-25-23-21-19-17-15-13-11-9-2/h16-19,22-25,44-45H,8-15,20-21,26-43H2,1-7H3/b18-16-,19-17-,24-22-,25-23-. The van der Waals surface area contributed by atoms with Crippen LogP contribution in [-0.2, 0) is 9.53 Å². The maximum atomic E-state index is 12.9. The molecule has 0 N–H and O–H groups in total. The third-order valence-corrected chi connectivity index (χ3v) is 10.5. The molecule has 0 aliphatic carbocycles. The van der Waals surface area contributed by atoms with Crippen molar-refractivity contribution in [3.8, 4) is 0 Å². The van der Waals surface area contributed by atoms with E-state index >= 15 is 0 Å². The summed E-state index contributed by atoms with van der Waals surface area (Å²) in [4.78, 5) is 15.1. The lowest BCUT2D eigenvalue weighted by atomic mass is 9.90. The quantitative estimate of drug-likeness (QED) is 0.0371. The van der Waals surface area contributed by atoms with Gasteiger partial charge in [-0.15, -0.1) is 0 Å². The van der Waals surface area contributed by atoms with Gasteiger partial charge in [0.1, 0.15) is 0 Å². The summed E-state index contributed by atoms with van der Waals surface area (Å²) in [5.41, 5.74) is -0.0137. The lowest BCUT2D eigenvalue weighted by molar-refractivity contribution is -0.150. The minimum absolute atomic E-state index is 0.0137. The zero-order chi connectivity index (χ0) is 37.0. The molecule has 3 heteroatoms. The van der Waals surface area contributed by atoms with E-state index in [4.69, 9.17) is 4.74 Å². The number of ether oxygens (including phenoxy) is 1. The van der Waals surface area contributed by atoms with Crippen LogP contribution in [0, 0.1) is 11.8 Å². The van der Waals surface area contributed by atoms with Crippen molar-refractivity contribution in [3.63, 3.8) is 0 Å². The molecule has 0 radical (unpaired) electrons. The highest BCUT2D eigenvalue weighted by Crippen LogP contribution is 2.24. The molecule has 0 fully saturated rings. The molecule has 0 amide bonds. The van der Waals surface area contributed by atoms with Crippen molar-refractivity contribution in [1.29, 1.82) is 0 Å². The van der Waals surface area contributed by atoms with Crippen LogP contribution >= 0.6 is 0 Å². The summed E-state index contributed by atoms with van der Waals surface area (Å²) in [5.74, 6) is 0.417. The summed E-state index contributed by atoms with van der Waals surface area (Å²) in [6, 6.07) is 0. The summed E-state index contributed by atoms with van der Waals surface area (Å²) < 4.78 is 5.97. The first-order chi connectivity index (χ1) is 24.2. The van der Waals surface area contributed by atoms with Crippen LogP contribution in [0.5, 0.6) is 0 Å². The number of esters is 1. The molecule has 50 heavy (non-hydrogen) atoms. The lowest BCUT2D eigenvalue weighted by Crippen LogP contribution is -2.41. The number of carbonyl (C=O) groups is 1. The van der Waals surface area contributed by atoms with Crippen molar-refractivity contribution in [2.45, 2.75) is 214 Å². The van der Waals surface area contributed by atoms with Crippen LogP contribution < -0.4 is 0 Å². The van der Waals surface area contributed by atoms with Crippen LogP contribution in [0.1, 0.15) is 208 Å². The van der Waals surface area contributed by atoms with Gasteiger partial charge in [0.15, 0.2) is 0 Å². The third-order valence-electron chi connectivity index (χ3n) is 10.5. The fraction of sp³-hybridized carbons (Fsp3) is 0.809. The normalized spacial score (nSPS) is 13.4. The summed E-state index contributed by atoms with van der Waals surface area (Å²) in [7, 11) is 4.18. The third kappa shape index (κ3) is 32.3. The maximum absolute atomic E-state index is 12.9. The number of allylic oxidation sites excluding steroid dienone is 8. The van der Waals surface area contributed by atoms with Crippen molar-refractivity contribution in [1.82, 2.24) is 4.90 Å². The van der Waals surface area contributed by atoms with Crippen LogP contribution in [0.3, 0.4) is 0 Å². The van der Waals surface area contributed by atoms with Gasteiger partial charge in [-0.3, -0.25) is 4.79 Å². The second-order valence-electron chi connectivity index (χ2n) is 16.1. The summed E-state index contributed by atoms with van der Waals surface area (Å²) in [6.07, 6.45) is 52.8. The molecule has 0 aromatic carbocycles. The number of hydrogen-bond donors (Lipinski definition) is 0. The van der Waals surface area contributed by atoms with Gasteiger partial charge in [-0.25, -0.2) is 0 Å². The first kappa shape index (κ1) is 48.4. The van der Waals surface area contributed by atoms with E-state index in [9.17, 15) is 4.79 Å². The molecule has 0 spiro atoms. The van der Waals surface area contributed by atoms with Gasteiger partial charge in [0.05, 0.1) is 12.5 Å². The van der Waals surface area contributed by atoms with Gasteiger partial charge in [0.25, 0.3) is 0 Å². The molecular weight excluding hydrogens is 611 g/mol. The Morgan fingerprint density at radius 3 is 1.30 bits per heavy atom. The zero-order valence-electron chi connectivity index (χ0n) is 34.8. The second-order valence-corrected chi connectivity index (χ2v) is 16.1. The summed E-state index contributed by atoms with van der Waals surface area (Å²) >= 11 is 0. The van der Waals surface area contributed by atoms with Crippen LogP contribution in [0.2, 0.25) is 0 Å². The molecule has 0 heterocycles. The molecule has 292 valence electrons. The van der Waals surface area contributed by atoms with E-state index in [-0.39, 0.29) is 17.4 Å². The molecule has 1 atom stereocenters. The smallest absolute Gasteiger partial charge is 0.308 e. The SMILES string of the molecule is CCCCC/C=C\C/C=C\CCCCCCCCC(CCCCCCCC/C=C\C/C=C\CCCCC)COC(=O)C(C)CC(C)(C)N(C)C. The zero-order valence-corrected chi connectivity index (χ0v) is 34.8. The lowest BCUT2D eigenvalue weighted by Gasteiger charge is -2.34. The number of unbranched alkanes of at least 4 members (excludes halogenated alkanes) is 18. The van der Waals surface area contributed by atoms with Gasteiger partial charge in [-0.05, 0) is 117 Å². The molecule has 0 aliphatic rings. The average Bonchev–Trinajstić information content (AvgIpc) is 3.09. The minimum Gasteiger partial charge on any atom is -0.465 e. The largest absolute Gasteiger partial charge is 0.465 e. The van der Waals surface area contributed by atoms with Gasteiger partial charge in [-0.2, -0.15) is 0 Å². The Hall–Kier alpha value is -1.61. The van der Waals surface area contributed by atoms with E-state index in [0.717, 1.165) is 19.3 Å². The van der Waals surface area contributed by atoms with E-state index in [0.29, 0.717) is 12.5 Å². The first-order valence-electron chi connectivity index (χ1n) is 21.7. The number of carbonyl (C=O) groups excluding carboxylic acids is 1. The van der Waals surface area contributed by atoms with E-state index < -0.39 is 0 Å². The van der Waals surface area contributed by atoms with Gasteiger partial charge in [-0.1, -0.05) is 159 Å². The van der Waals surface area contributed by atoms with E-state index in [1.165, 1.54) is 154 Å². The second kappa shape index (κ2) is 35.8. The summed E-state index contributed by atoms with van der Waals surface area (Å²) in [5, 5.41) is 0. The van der Waals surface area contributed by atoms with Crippen molar-refractivity contribution >= 4 is 5.97 Å². The fourth-order valence-electron chi connectivity index (χ4n) is 6.51. The number of nitrogens with zero attached hydrogens (tertiary/aromatic N) is 1. The Morgan fingerprint density at radius 1 is 0.560 bits per heavy atom. The van der Waals surface area contributed by atoms with Crippen LogP contribution in [0.15, 0.2) is 48.6 Å². The molecule has 3 nitrogen and oxygen atoms in total. The van der Waals surface area contributed by atoms with Crippen LogP contribution in [0.25, 0.3) is 0 Å². The fourth-order valence-corrected chi connectivity index (χ4v) is 6.51. The average molecular weight is 698 g/mol. The molecule has 0 aromatic rings. The highest BCUT2D eigenvalue weighted by molar-refractivity contribution is 5.72. The number of hydrogen-bond acceptors (Lipinski definition) is 3. The van der Waals surface area contributed by atoms with E-state index in [1.54, 1.807) is 0 Å². The predicted octanol–water partition coefficient (Wildman–Crippen LogP) is 14.9. The van der Waals surface area contributed by atoms with Gasteiger partial charge < -0.3 is 9.64 Å². The monoisotopic (exact) mass is 698 g/mol. The Kier molecular flexibility index (Phi) is 34.6. The summed E-state index contributed by atoms with van der Waals surface area (Å²) in [6.45, 7) is 11.6. The predicted molar refractivity (Wildman–Crippen MR) is 224 cm³/mol. The highest BCUT2D eigenvalue weighted by atomic mass is 16.5. The van der Waals surface area contributed by atoms with Gasteiger partial charge >= 0.3 is 5.97 Å². The van der Waals surface area contributed by atoms with Crippen molar-refractivity contribution < 1.29 is 9.53 Å². The molecule has 0 aliphatic heterocycles. The molecule has 0 aromatic heterocycles. The number of rotatable bonds is 36. The molecule has 1 unspecified atom stereocenters. The van der Waals surface area contributed by atoms with Crippen molar-refractivity contribution in [2.24, 2.45) is 11.8 Å². The van der Waals surface area contributed by atoms with Crippen molar-refractivity contribution in [3.05, 3.63) is 48.6 Å². The Labute approximate surface area is 314 Å². The highest BCUT2D eigenvalue weighted by Gasteiger charge is 2.28. The topological polar surface area (TPSA) is 29.5 Å².